The van der Waals surface area contributed by atoms with E-state index >= 15 is 0 Å². The molecule has 89 heavy (non-hydrogen) atoms. The van der Waals surface area contributed by atoms with Crippen molar-refractivity contribution in [2.24, 2.45) is 9.98 Å². The number of ether oxygens (including phenoxy) is 1. The summed E-state index contributed by atoms with van der Waals surface area (Å²) in [5.74, 6) is 0. The first-order chi connectivity index (χ1) is 42.1. The van der Waals surface area contributed by atoms with Crippen molar-refractivity contribution in [3.05, 3.63) is 176 Å². The Balaban J connectivity index is 0.00000155. The maximum atomic E-state index is 6.33. The molecular formula is C78H108N8Ni2O. The normalized spacial score (nSPS) is 19.3. The maximum Gasteiger partial charge on any atom is 2.00 e. The third-order valence-electron chi connectivity index (χ3n) is 24.1. The van der Waals surface area contributed by atoms with Gasteiger partial charge in [0.15, 0.2) is 0 Å². The average Bonchev–Trinajstić information content (AvgIpc) is 1.66. The molecule has 6 aromatic heterocycles. The number of rotatable bonds is 19. The Morgan fingerprint density at radius 2 is 0.494 bits per heavy atom. The summed E-state index contributed by atoms with van der Waals surface area (Å²) < 4.78 is 4.83. The number of nitrogens with zero attached hydrogens (tertiary/aromatic N) is 8. The average molecular weight is 1290 g/mol. The number of allylic oxidation sites excluding steroid dienone is 4. The van der Waals surface area contributed by atoms with Crippen LogP contribution in [0.4, 0.5) is 0 Å². The van der Waals surface area contributed by atoms with Crippen LogP contribution in [0.1, 0.15) is 309 Å². The van der Waals surface area contributed by atoms with E-state index in [9.17, 15) is 0 Å². The molecule has 0 aromatic carbocycles. The third-order valence-corrected chi connectivity index (χ3v) is 24.1. The van der Waals surface area contributed by atoms with Crippen LogP contribution in [0.5, 0.6) is 0 Å². The smallest absolute Gasteiger partial charge is 0.663 e. The van der Waals surface area contributed by atoms with Crippen molar-refractivity contribution in [1.82, 2.24) is 29.9 Å². The zero-order chi connectivity index (χ0) is 62.8. The first-order valence-corrected chi connectivity index (χ1v) is 34.8. The van der Waals surface area contributed by atoms with Gasteiger partial charge in [0.1, 0.15) is 0 Å². The van der Waals surface area contributed by atoms with Crippen LogP contribution in [0.25, 0.3) is 0 Å². The number of hydrogen-bond acceptors (Lipinski definition) is 5. The molecule has 4 aliphatic heterocycles. The fourth-order valence-corrected chi connectivity index (χ4v) is 17.4. The molecule has 486 valence electrons. The molecule has 6 aromatic rings. The molecule has 0 fully saturated rings. The van der Waals surface area contributed by atoms with Gasteiger partial charge in [-0.15, -0.1) is 45.6 Å². The van der Waals surface area contributed by atoms with Crippen LogP contribution < -0.4 is 19.9 Å². The molecule has 0 saturated carbocycles. The summed E-state index contributed by atoms with van der Waals surface area (Å²) in [6.07, 6.45) is 15.5. The Morgan fingerprint density at radius 3 is 0.685 bits per heavy atom. The quantitative estimate of drug-likeness (QED) is 0.0742. The Labute approximate surface area is 558 Å². The van der Waals surface area contributed by atoms with E-state index < -0.39 is 21.7 Å². The largest absolute Gasteiger partial charge is 2.00 e. The minimum Gasteiger partial charge on any atom is -0.663 e. The molecule has 0 aliphatic carbocycles. The minimum atomic E-state index is -0.504. The molecule has 10 rings (SSSR count). The molecule has 10 heterocycles. The van der Waals surface area contributed by atoms with Crippen molar-refractivity contribution in [3.8, 4) is 0 Å². The van der Waals surface area contributed by atoms with Gasteiger partial charge in [-0.25, -0.2) is 0 Å². The summed E-state index contributed by atoms with van der Waals surface area (Å²) in [7, 11) is 0. The number of pyridine rings is 2. The number of hydrogen-bond donors (Lipinski definition) is 0. The minimum absolute atomic E-state index is 0. The van der Waals surface area contributed by atoms with Crippen LogP contribution in [-0.2, 0) is 81.0 Å². The number of aliphatic imine (C=N–C) groups is 2. The second-order valence-corrected chi connectivity index (χ2v) is 25.9. The Hall–Kier alpha value is -4.81. The van der Waals surface area contributed by atoms with Crippen molar-refractivity contribution in [2.45, 2.75) is 284 Å². The van der Waals surface area contributed by atoms with Gasteiger partial charge in [0.2, 0.25) is 0 Å². The van der Waals surface area contributed by atoms with E-state index in [4.69, 9.17) is 44.6 Å². The molecule has 9 nitrogen and oxygen atoms in total. The van der Waals surface area contributed by atoms with Crippen LogP contribution >= 0.6 is 0 Å². The molecule has 0 spiro atoms. The van der Waals surface area contributed by atoms with Gasteiger partial charge in [-0.2, -0.15) is 0 Å². The molecule has 0 radical (unpaired) electrons. The monoisotopic (exact) mass is 1290 g/mol. The summed E-state index contributed by atoms with van der Waals surface area (Å²) >= 11 is 0. The van der Waals surface area contributed by atoms with Crippen LogP contribution in [0.3, 0.4) is 0 Å². The molecule has 0 unspecified atom stereocenters. The van der Waals surface area contributed by atoms with Gasteiger partial charge >= 0.3 is 33.0 Å². The van der Waals surface area contributed by atoms with E-state index in [-0.39, 0.29) is 54.6 Å². The first-order valence-electron chi connectivity index (χ1n) is 34.8. The van der Waals surface area contributed by atoms with Crippen molar-refractivity contribution < 1.29 is 37.7 Å². The second-order valence-electron chi connectivity index (χ2n) is 25.9. The van der Waals surface area contributed by atoms with Gasteiger partial charge < -0.3 is 24.7 Å². The van der Waals surface area contributed by atoms with Gasteiger partial charge in [-0.05, 0) is 152 Å². The number of aromatic nitrogens is 6. The predicted octanol–water partition coefficient (Wildman–Crippen LogP) is 18.9. The zero-order valence-corrected chi connectivity index (χ0v) is 59.8. The van der Waals surface area contributed by atoms with Crippen LogP contribution in [0.15, 0.2) is 117 Å². The predicted molar refractivity (Wildman–Crippen MR) is 362 cm³/mol. The molecular weight excluding hydrogens is 1180 g/mol. The Bertz CT molecular complexity index is 3220. The van der Waals surface area contributed by atoms with E-state index in [1.807, 2.05) is 13.8 Å². The number of fused-ring (bicyclic) bond motifs is 14. The van der Waals surface area contributed by atoms with Crippen molar-refractivity contribution in [1.29, 1.82) is 0 Å². The van der Waals surface area contributed by atoms with E-state index in [2.05, 4.69) is 196 Å². The van der Waals surface area contributed by atoms with Crippen molar-refractivity contribution in [2.75, 3.05) is 13.2 Å². The molecule has 11 heteroatoms. The fourth-order valence-electron chi connectivity index (χ4n) is 17.4. The van der Waals surface area contributed by atoms with Crippen LogP contribution in [0.2, 0.25) is 0 Å². The summed E-state index contributed by atoms with van der Waals surface area (Å²) in [6, 6.07) is 32.5. The fraction of sp³-hybridized carbons (Fsp3) is 0.590. The van der Waals surface area contributed by atoms with E-state index in [1.54, 1.807) is 0 Å². The standard InChI is InChI=1S/C74H98N8.C4H10O.2Ni/c1-17-67(18-2)51-35-33-37-53(75-51)69(21-5,22-6)57-43-45-61(79-57)73(29-13,30-14)65-49(47-63(81-65)71(25-9,26-10)59-41-39-55(67)77-59)50-48-64-72(27-11,28-12)60-42-40-56(78-60)68(19-3,20-4)52-36-34-38-54(76-52)70(23-7,24-8)58-44-46-62(80-58)74(31-15,32-16)66(50)82-64;1-3-5-4-2;;/h33-46H,17-32,47-48H2,1-16H3;3-4H2,1-2H3;;/q-4;;2*+2. The molecule has 0 amide bonds. The van der Waals surface area contributed by atoms with E-state index in [0.29, 0.717) is 0 Å². The van der Waals surface area contributed by atoms with Crippen molar-refractivity contribution >= 4 is 11.4 Å². The van der Waals surface area contributed by atoms with Gasteiger partial charge in [0, 0.05) is 104 Å². The second kappa shape index (κ2) is 28.6. The van der Waals surface area contributed by atoms with Gasteiger partial charge in [0.05, 0.1) is 11.4 Å². The van der Waals surface area contributed by atoms with Gasteiger partial charge in [-0.1, -0.05) is 171 Å². The Morgan fingerprint density at radius 1 is 0.292 bits per heavy atom. The molecule has 0 atom stereocenters. The van der Waals surface area contributed by atoms with Crippen molar-refractivity contribution in [3.63, 3.8) is 0 Å². The maximum absolute atomic E-state index is 6.33. The molecule has 16 bridgehead atoms. The summed E-state index contributed by atoms with van der Waals surface area (Å²) in [6.45, 7) is 43.3. The van der Waals surface area contributed by atoms with Crippen LogP contribution in [0, 0.1) is 0 Å². The topological polar surface area (TPSA) is 116 Å². The van der Waals surface area contributed by atoms with Crippen LogP contribution in [-0.4, -0.2) is 34.6 Å². The summed E-state index contributed by atoms with van der Waals surface area (Å²) in [5, 5.41) is 0. The molecule has 0 saturated heterocycles. The zero-order valence-electron chi connectivity index (χ0n) is 57.8. The third kappa shape index (κ3) is 10.8. The van der Waals surface area contributed by atoms with E-state index in [0.717, 1.165) is 197 Å². The molecule has 0 N–H and O–H groups in total. The summed E-state index contributed by atoms with van der Waals surface area (Å²) in [4.78, 5) is 47.9. The molecule has 4 aliphatic rings. The first kappa shape index (κ1) is 71.6. The van der Waals surface area contributed by atoms with Gasteiger partial charge in [0.25, 0.3) is 0 Å². The van der Waals surface area contributed by atoms with E-state index in [1.165, 1.54) is 34.0 Å². The van der Waals surface area contributed by atoms with Gasteiger partial charge in [-0.3, -0.25) is 20.0 Å². The SMILES string of the molecule is CCC1(CC)C2=NC(=C(C3=C4N=C(C3)C(CC)(CC)c3ccc([n-]3)C(CC)(CC)c3cccc(n3)C(CC)(CC)c3ccc([n-]3)C4(CC)CC)C2)C(CC)(CC)c2ccc([n-]2)C(CC)(CC)c2cccc(n2)C(CC)(CC)c2ccc1[n-]2.CCOCC.[Ni+2].[Ni+2]. The summed E-state index contributed by atoms with van der Waals surface area (Å²) in [5.41, 5.74) is 17.5. The Kier molecular flexibility index (Phi) is 23.0.